The van der Waals surface area contributed by atoms with Gasteiger partial charge in [0.1, 0.15) is 13.2 Å². The van der Waals surface area contributed by atoms with E-state index in [4.69, 9.17) is 9.47 Å². The Balaban J connectivity index is 2.01. The smallest absolute Gasteiger partial charge is 0.233 e. The Labute approximate surface area is 124 Å². The molecule has 0 unspecified atom stereocenters. The van der Waals surface area contributed by atoms with Gasteiger partial charge in [-0.25, -0.2) is 0 Å². The van der Waals surface area contributed by atoms with E-state index in [0.29, 0.717) is 13.2 Å². The Kier molecular flexibility index (Phi) is 4.48. The van der Waals surface area contributed by atoms with Crippen LogP contribution in [0.1, 0.15) is 27.7 Å². The number of hydrogen-bond donors (Lipinski definition) is 1. The van der Waals surface area contributed by atoms with Gasteiger partial charge < -0.3 is 14.8 Å². The molecule has 0 spiro atoms. The molecule has 20 heavy (non-hydrogen) atoms. The van der Waals surface area contributed by atoms with Crippen molar-refractivity contribution in [3.63, 3.8) is 0 Å². The molecule has 1 amide bonds. The first-order chi connectivity index (χ1) is 9.35. The van der Waals surface area contributed by atoms with E-state index >= 15 is 0 Å². The zero-order chi connectivity index (χ0) is 14.8. The fourth-order valence-corrected chi connectivity index (χ4v) is 2.72. The molecule has 1 aromatic carbocycles. The van der Waals surface area contributed by atoms with Crippen molar-refractivity contribution in [3.8, 4) is 11.5 Å². The van der Waals surface area contributed by atoms with Gasteiger partial charge in [-0.1, -0.05) is 0 Å². The molecule has 1 aliphatic rings. The monoisotopic (exact) mass is 295 g/mol. The van der Waals surface area contributed by atoms with Crippen LogP contribution in [-0.2, 0) is 4.79 Å². The summed E-state index contributed by atoms with van der Waals surface area (Å²) in [5, 5.41) is 2.83. The van der Waals surface area contributed by atoms with Crippen LogP contribution in [0.3, 0.4) is 0 Å². The molecule has 0 aromatic heterocycles. The molecule has 0 aliphatic carbocycles. The molecule has 2 rings (SSSR count). The number of nitrogens with one attached hydrogen (secondary N) is 1. The lowest BCUT2D eigenvalue weighted by atomic mass is 10.1. The number of carbonyl (C=O) groups excluding carboxylic acids is 1. The number of ether oxygens (including phenoxy) is 2. The van der Waals surface area contributed by atoms with Gasteiger partial charge in [0.2, 0.25) is 5.91 Å². The van der Waals surface area contributed by atoms with E-state index in [1.54, 1.807) is 0 Å². The summed E-state index contributed by atoms with van der Waals surface area (Å²) in [4.78, 5) is 13.1. The van der Waals surface area contributed by atoms with Gasteiger partial charge in [-0.3, -0.25) is 4.79 Å². The number of thioether (sulfide) groups is 1. The molecule has 0 radical (unpaired) electrons. The Hall–Kier alpha value is -1.36. The van der Waals surface area contributed by atoms with Crippen molar-refractivity contribution in [1.82, 2.24) is 5.32 Å². The van der Waals surface area contributed by atoms with Crippen molar-refractivity contribution < 1.29 is 14.3 Å². The topological polar surface area (TPSA) is 47.6 Å². The first-order valence-electron chi connectivity index (χ1n) is 6.73. The maximum absolute atomic E-state index is 12.1. The second-order valence-corrected chi connectivity index (χ2v) is 7.22. The summed E-state index contributed by atoms with van der Waals surface area (Å²) in [6, 6.07) is 5.78. The van der Waals surface area contributed by atoms with Gasteiger partial charge in [-0.2, -0.15) is 0 Å². The minimum absolute atomic E-state index is 0.0392. The van der Waals surface area contributed by atoms with E-state index in [0.717, 1.165) is 16.4 Å². The highest BCUT2D eigenvalue weighted by Gasteiger charge is 2.21. The largest absolute Gasteiger partial charge is 0.486 e. The molecule has 110 valence electrons. The van der Waals surface area contributed by atoms with Crippen molar-refractivity contribution in [3.05, 3.63) is 18.2 Å². The maximum Gasteiger partial charge on any atom is 0.233 e. The van der Waals surface area contributed by atoms with Gasteiger partial charge >= 0.3 is 0 Å². The zero-order valence-corrected chi connectivity index (χ0v) is 13.2. The second kappa shape index (κ2) is 5.95. The molecule has 0 bridgehead atoms. The van der Waals surface area contributed by atoms with Crippen LogP contribution in [0.4, 0.5) is 0 Å². The van der Waals surface area contributed by atoms with Crippen LogP contribution in [0.2, 0.25) is 0 Å². The summed E-state index contributed by atoms with van der Waals surface area (Å²) in [5.74, 6) is 1.56. The average Bonchev–Trinajstić information content (AvgIpc) is 2.36. The number of hydrogen-bond acceptors (Lipinski definition) is 4. The van der Waals surface area contributed by atoms with Gasteiger partial charge in [0, 0.05) is 10.4 Å². The van der Waals surface area contributed by atoms with Gasteiger partial charge in [0.25, 0.3) is 0 Å². The van der Waals surface area contributed by atoms with E-state index in [1.165, 1.54) is 11.8 Å². The van der Waals surface area contributed by atoms with Gasteiger partial charge in [-0.15, -0.1) is 11.8 Å². The lowest BCUT2D eigenvalue weighted by molar-refractivity contribution is -0.121. The van der Waals surface area contributed by atoms with E-state index in [1.807, 2.05) is 45.9 Å². The molecule has 5 heteroatoms. The molecular weight excluding hydrogens is 274 g/mol. The quantitative estimate of drug-likeness (QED) is 0.871. The predicted molar refractivity (Wildman–Crippen MR) is 80.6 cm³/mol. The normalized spacial score (nSPS) is 15.6. The van der Waals surface area contributed by atoms with Crippen LogP contribution in [0.15, 0.2) is 23.1 Å². The predicted octanol–water partition coefficient (Wildman–Crippen LogP) is 2.85. The van der Waals surface area contributed by atoms with Crippen LogP contribution in [-0.4, -0.2) is 29.9 Å². The fraction of sp³-hybridized carbons (Fsp3) is 0.533. The van der Waals surface area contributed by atoms with Crippen LogP contribution >= 0.6 is 11.8 Å². The van der Waals surface area contributed by atoms with E-state index in [2.05, 4.69) is 5.32 Å². The van der Waals surface area contributed by atoms with Gasteiger partial charge in [0.05, 0.1) is 5.25 Å². The summed E-state index contributed by atoms with van der Waals surface area (Å²) in [5.41, 5.74) is -0.210. The number of benzene rings is 1. The molecule has 0 saturated heterocycles. The second-order valence-electron chi connectivity index (χ2n) is 5.80. The molecule has 0 fully saturated rings. The molecule has 1 N–H and O–H groups in total. The Bertz CT molecular complexity index is 496. The van der Waals surface area contributed by atoms with E-state index in [-0.39, 0.29) is 16.7 Å². The highest BCUT2D eigenvalue weighted by Crippen LogP contribution is 2.35. The maximum atomic E-state index is 12.1. The van der Waals surface area contributed by atoms with E-state index < -0.39 is 0 Å². The SMILES string of the molecule is C[C@@H](Sc1ccc2c(c1)OCCO2)C(=O)NC(C)(C)C. The molecule has 0 saturated carbocycles. The van der Waals surface area contributed by atoms with Crippen molar-refractivity contribution in [2.45, 2.75) is 43.4 Å². The van der Waals surface area contributed by atoms with Crippen LogP contribution in [0.25, 0.3) is 0 Å². The van der Waals surface area contributed by atoms with Crippen molar-refractivity contribution in [2.75, 3.05) is 13.2 Å². The summed E-state index contributed by atoms with van der Waals surface area (Å²) in [7, 11) is 0. The van der Waals surface area contributed by atoms with Gasteiger partial charge in [0.15, 0.2) is 11.5 Å². The van der Waals surface area contributed by atoms with Gasteiger partial charge in [-0.05, 0) is 45.9 Å². The number of rotatable bonds is 3. The first kappa shape index (κ1) is 15.0. The highest BCUT2D eigenvalue weighted by molar-refractivity contribution is 8.00. The van der Waals surface area contributed by atoms with Crippen molar-refractivity contribution in [1.29, 1.82) is 0 Å². The number of fused-ring (bicyclic) bond motifs is 1. The van der Waals surface area contributed by atoms with Crippen LogP contribution in [0.5, 0.6) is 11.5 Å². The number of amides is 1. The summed E-state index contributed by atoms with van der Waals surface area (Å²) >= 11 is 1.52. The summed E-state index contributed by atoms with van der Waals surface area (Å²) in [6.45, 7) is 9.00. The molecular formula is C15H21NO3S. The van der Waals surface area contributed by atoms with Crippen molar-refractivity contribution in [2.24, 2.45) is 0 Å². The molecule has 1 heterocycles. The van der Waals surface area contributed by atoms with Crippen LogP contribution < -0.4 is 14.8 Å². The lowest BCUT2D eigenvalue weighted by Gasteiger charge is -2.23. The van der Waals surface area contributed by atoms with Crippen molar-refractivity contribution >= 4 is 17.7 Å². The molecule has 4 nitrogen and oxygen atoms in total. The Morgan fingerprint density at radius 2 is 1.90 bits per heavy atom. The number of carbonyl (C=O) groups is 1. The Morgan fingerprint density at radius 1 is 1.25 bits per heavy atom. The minimum Gasteiger partial charge on any atom is -0.486 e. The first-order valence-corrected chi connectivity index (χ1v) is 7.61. The van der Waals surface area contributed by atoms with E-state index in [9.17, 15) is 4.79 Å². The average molecular weight is 295 g/mol. The molecule has 1 aliphatic heterocycles. The minimum atomic E-state index is -0.210. The molecule has 1 atom stereocenters. The van der Waals surface area contributed by atoms with Crippen LogP contribution in [0, 0.1) is 0 Å². The fourth-order valence-electron chi connectivity index (χ4n) is 1.83. The summed E-state index contributed by atoms with van der Waals surface area (Å²) in [6.07, 6.45) is 0. The third-order valence-electron chi connectivity index (χ3n) is 2.69. The summed E-state index contributed by atoms with van der Waals surface area (Å²) < 4.78 is 11.0. The third kappa shape index (κ3) is 4.07. The standard InChI is InChI=1S/C15H21NO3S/c1-10(14(17)16-15(2,3)4)20-11-5-6-12-13(9-11)19-8-7-18-12/h5-6,9-10H,7-8H2,1-4H3,(H,16,17)/t10-/m1/s1. The highest BCUT2D eigenvalue weighted by atomic mass is 32.2. The third-order valence-corrected chi connectivity index (χ3v) is 3.79. The lowest BCUT2D eigenvalue weighted by Crippen LogP contribution is -2.44. The molecule has 1 aromatic rings. The zero-order valence-electron chi connectivity index (χ0n) is 12.4. The Morgan fingerprint density at radius 3 is 2.55 bits per heavy atom.